The van der Waals surface area contributed by atoms with E-state index >= 15 is 0 Å². The lowest BCUT2D eigenvalue weighted by molar-refractivity contribution is 0.183. The highest BCUT2D eigenvalue weighted by Gasteiger charge is 2.38. The molecule has 1 fully saturated rings. The second kappa shape index (κ2) is 5.56. The number of allylic oxidation sites excluding steroid dienone is 4. The summed E-state index contributed by atoms with van der Waals surface area (Å²) in [6.45, 7) is 10.7. The van der Waals surface area contributed by atoms with Crippen molar-refractivity contribution < 1.29 is 0 Å². The Hall–Kier alpha value is -0.980. The summed E-state index contributed by atoms with van der Waals surface area (Å²) in [7, 11) is 0. The van der Waals surface area contributed by atoms with Crippen LogP contribution in [0.4, 0.5) is 0 Å². The Bertz CT molecular complexity index is 390. The Morgan fingerprint density at radius 3 is 2.58 bits per heavy atom. The summed E-state index contributed by atoms with van der Waals surface area (Å²) in [6.07, 6.45) is 16.4. The van der Waals surface area contributed by atoms with Crippen LogP contribution in [-0.2, 0) is 0 Å². The Labute approximate surface area is 118 Å². The van der Waals surface area contributed by atoms with Gasteiger partial charge in [-0.3, -0.25) is 0 Å². The third-order valence-corrected chi connectivity index (χ3v) is 4.67. The van der Waals surface area contributed by atoms with Crippen molar-refractivity contribution in [3.05, 3.63) is 36.1 Å². The van der Waals surface area contributed by atoms with Gasteiger partial charge in [0, 0.05) is 6.54 Å². The van der Waals surface area contributed by atoms with Crippen LogP contribution in [0.5, 0.6) is 0 Å². The van der Waals surface area contributed by atoms with Crippen molar-refractivity contribution in [1.29, 1.82) is 0 Å². The summed E-state index contributed by atoms with van der Waals surface area (Å²) in [4.78, 5) is 0. The van der Waals surface area contributed by atoms with Crippen LogP contribution < -0.4 is 5.32 Å². The summed E-state index contributed by atoms with van der Waals surface area (Å²) >= 11 is 0. The first-order valence-electron chi connectivity index (χ1n) is 7.67. The van der Waals surface area contributed by atoms with Crippen LogP contribution in [0.2, 0.25) is 0 Å². The molecule has 3 rings (SSSR count). The molecule has 1 saturated carbocycles. The molecule has 106 valence electrons. The van der Waals surface area contributed by atoms with Crippen molar-refractivity contribution in [2.75, 3.05) is 6.54 Å². The van der Waals surface area contributed by atoms with E-state index in [0.29, 0.717) is 10.8 Å². The number of fused-ring (bicyclic) bond motifs is 1. The molecule has 2 aliphatic carbocycles. The minimum Gasteiger partial charge on any atom is -0.391 e. The molecular weight excluding hydrogens is 230 g/mol. The van der Waals surface area contributed by atoms with Gasteiger partial charge in [-0.15, -0.1) is 0 Å². The zero-order chi connectivity index (χ0) is 13.9. The maximum atomic E-state index is 3.04. The highest BCUT2D eigenvalue weighted by Crippen LogP contribution is 2.50. The molecule has 0 aromatic carbocycles. The van der Waals surface area contributed by atoms with E-state index in [9.17, 15) is 0 Å². The summed E-state index contributed by atoms with van der Waals surface area (Å²) in [5, 5.41) is 3.04. The fourth-order valence-corrected chi connectivity index (χ4v) is 3.46. The van der Waals surface area contributed by atoms with Crippen molar-refractivity contribution in [2.24, 2.45) is 16.7 Å². The molecule has 0 amide bonds. The van der Waals surface area contributed by atoms with Crippen molar-refractivity contribution in [1.82, 2.24) is 5.32 Å². The Kier molecular flexibility index (Phi) is 4.23. The van der Waals surface area contributed by atoms with Gasteiger partial charge in [0.25, 0.3) is 0 Å². The van der Waals surface area contributed by atoms with E-state index in [1.807, 2.05) is 6.20 Å². The standard InChI is InChI=1S/C14H22.C4H7N/c1-13(2)9-7-12-11(10-13)6-5-8-14(12,3)4;1-2-4-5-3-1/h5-6,8,12H,7,9-10H2,1-4H3;1,3,5H,2,4H2. The van der Waals surface area contributed by atoms with E-state index in [4.69, 9.17) is 0 Å². The van der Waals surface area contributed by atoms with E-state index in [-0.39, 0.29) is 0 Å². The molecule has 1 heteroatoms. The van der Waals surface area contributed by atoms with Crippen molar-refractivity contribution in [2.45, 2.75) is 53.4 Å². The summed E-state index contributed by atoms with van der Waals surface area (Å²) < 4.78 is 0. The maximum absolute atomic E-state index is 3.04. The van der Waals surface area contributed by atoms with Gasteiger partial charge >= 0.3 is 0 Å². The number of hydrogen-bond acceptors (Lipinski definition) is 1. The van der Waals surface area contributed by atoms with Gasteiger partial charge < -0.3 is 5.32 Å². The molecule has 1 N–H and O–H groups in total. The molecule has 3 aliphatic rings. The Morgan fingerprint density at radius 2 is 2.00 bits per heavy atom. The first kappa shape index (κ1) is 14.4. The van der Waals surface area contributed by atoms with E-state index < -0.39 is 0 Å². The van der Waals surface area contributed by atoms with Gasteiger partial charge in [-0.2, -0.15) is 0 Å². The number of nitrogens with one attached hydrogen (secondary N) is 1. The highest BCUT2D eigenvalue weighted by atomic mass is 14.8. The summed E-state index contributed by atoms with van der Waals surface area (Å²) in [6, 6.07) is 0. The van der Waals surface area contributed by atoms with Crippen LogP contribution >= 0.6 is 0 Å². The van der Waals surface area contributed by atoms with Gasteiger partial charge in [0.2, 0.25) is 0 Å². The van der Waals surface area contributed by atoms with Crippen molar-refractivity contribution >= 4 is 0 Å². The second-order valence-corrected chi connectivity index (χ2v) is 7.50. The van der Waals surface area contributed by atoms with Crippen molar-refractivity contribution in [3.63, 3.8) is 0 Å². The molecule has 0 aromatic rings. The third kappa shape index (κ3) is 3.75. The fourth-order valence-electron chi connectivity index (χ4n) is 3.46. The lowest BCUT2D eigenvalue weighted by Crippen LogP contribution is -2.33. The molecule has 19 heavy (non-hydrogen) atoms. The molecule has 1 aliphatic heterocycles. The fraction of sp³-hybridized carbons (Fsp3) is 0.667. The highest BCUT2D eigenvalue weighted by molar-refractivity contribution is 5.28. The van der Waals surface area contributed by atoms with E-state index in [0.717, 1.165) is 12.5 Å². The van der Waals surface area contributed by atoms with Gasteiger partial charge in [-0.25, -0.2) is 0 Å². The SMILES string of the molecule is C1=CNCC1.CC1(C)CCC2C(=CC=CC2(C)C)C1. The van der Waals surface area contributed by atoms with E-state index in [1.54, 1.807) is 5.57 Å². The first-order valence-corrected chi connectivity index (χ1v) is 7.67. The number of hydrogen-bond donors (Lipinski definition) is 1. The second-order valence-electron chi connectivity index (χ2n) is 7.50. The van der Waals surface area contributed by atoms with E-state index in [1.165, 1.54) is 25.7 Å². The molecule has 0 saturated heterocycles. The van der Waals surface area contributed by atoms with Gasteiger partial charge in [0.15, 0.2) is 0 Å². The topological polar surface area (TPSA) is 12.0 Å². The lowest BCUT2D eigenvalue weighted by Gasteiger charge is -2.44. The first-order chi connectivity index (χ1) is 8.91. The molecule has 0 spiro atoms. The van der Waals surface area contributed by atoms with Gasteiger partial charge in [0.1, 0.15) is 0 Å². The molecule has 0 bridgehead atoms. The molecule has 0 radical (unpaired) electrons. The van der Waals surface area contributed by atoms with Crippen molar-refractivity contribution in [3.8, 4) is 0 Å². The maximum Gasteiger partial charge on any atom is 0.0176 e. The molecule has 1 atom stereocenters. The smallest absolute Gasteiger partial charge is 0.0176 e. The largest absolute Gasteiger partial charge is 0.391 e. The monoisotopic (exact) mass is 259 g/mol. The third-order valence-electron chi connectivity index (χ3n) is 4.67. The van der Waals surface area contributed by atoms with Gasteiger partial charge in [0.05, 0.1) is 0 Å². The van der Waals surface area contributed by atoms with Crippen LogP contribution in [0.15, 0.2) is 36.1 Å². The normalized spacial score (nSPS) is 29.7. The average Bonchev–Trinajstić information content (AvgIpc) is 2.84. The average molecular weight is 259 g/mol. The molecule has 1 heterocycles. The zero-order valence-corrected chi connectivity index (χ0v) is 13.0. The minimum absolute atomic E-state index is 0.389. The zero-order valence-electron chi connectivity index (χ0n) is 13.0. The summed E-state index contributed by atoms with van der Waals surface area (Å²) in [5.74, 6) is 0.806. The predicted molar refractivity (Wildman–Crippen MR) is 83.9 cm³/mol. The number of rotatable bonds is 0. The Morgan fingerprint density at radius 1 is 1.21 bits per heavy atom. The van der Waals surface area contributed by atoms with Crippen LogP contribution in [0.3, 0.4) is 0 Å². The molecule has 1 nitrogen and oxygen atoms in total. The molecule has 1 unspecified atom stereocenters. The van der Waals surface area contributed by atoms with Gasteiger partial charge in [-0.1, -0.05) is 57.6 Å². The van der Waals surface area contributed by atoms with Crippen LogP contribution in [-0.4, -0.2) is 6.54 Å². The van der Waals surface area contributed by atoms with Gasteiger partial charge in [-0.05, 0) is 48.6 Å². The summed E-state index contributed by atoms with van der Waals surface area (Å²) in [5.41, 5.74) is 2.61. The van der Waals surface area contributed by atoms with Crippen LogP contribution in [0.1, 0.15) is 53.4 Å². The Balaban J connectivity index is 0.000000224. The van der Waals surface area contributed by atoms with Crippen LogP contribution in [0, 0.1) is 16.7 Å². The molecular formula is C18H29N. The predicted octanol–water partition coefficient (Wildman–Crippen LogP) is 4.83. The van der Waals surface area contributed by atoms with Crippen LogP contribution in [0.25, 0.3) is 0 Å². The molecule has 0 aromatic heterocycles. The quantitative estimate of drug-likeness (QED) is 0.657. The van der Waals surface area contributed by atoms with E-state index in [2.05, 4.69) is 57.3 Å². The lowest BCUT2D eigenvalue weighted by atomic mass is 9.61. The minimum atomic E-state index is 0.389.